The van der Waals surface area contributed by atoms with Crippen LogP contribution in [0.4, 0.5) is 0 Å². The molecule has 2 aliphatic heterocycles. The van der Waals surface area contributed by atoms with Gasteiger partial charge in [0.2, 0.25) is 11.6 Å². The summed E-state index contributed by atoms with van der Waals surface area (Å²) in [6, 6.07) is 7.07. The van der Waals surface area contributed by atoms with Crippen molar-refractivity contribution in [2.75, 3.05) is 26.3 Å². The van der Waals surface area contributed by atoms with E-state index in [1.807, 2.05) is 6.07 Å². The average molecular weight is 368 g/mol. The Balaban J connectivity index is 1.29. The molecule has 2 aromatic heterocycles. The summed E-state index contributed by atoms with van der Waals surface area (Å²) in [5.74, 6) is 1.29. The van der Waals surface area contributed by atoms with Gasteiger partial charge in [0.1, 0.15) is 6.07 Å². The number of nitrogens with zero attached hydrogens (tertiary/aromatic N) is 4. The summed E-state index contributed by atoms with van der Waals surface area (Å²) in [6.07, 6.45) is 2.39. The zero-order valence-corrected chi connectivity index (χ0v) is 15.0. The van der Waals surface area contributed by atoms with Gasteiger partial charge in [-0.2, -0.15) is 5.26 Å². The Hall–Kier alpha value is -2.92. The molecule has 0 saturated carbocycles. The van der Waals surface area contributed by atoms with Gasteiger partial charge in [-0.1, -0.05) is 5.16 Å². The molecule has 0 N–H and O–H groups in total. The Morgan fingerprint density at radius 1 is 1.44 bits per heavy atom. The lowest BCUT2D eigenvalue weighted by Crippen LogP contribution is -2.31. The van der Waals surface area contributed by atoms with Crippen molar-refractivity contribution < 1.29 is 18.8 Å². The molecule has 2 aromatic rings. The molecule has 8 nitrogen and oxygen atoms in total. The maximum Gasteiger partial charge on any atom is 0.292 e. The predicted octanol–water partition coefficient (Wildman–Crippen LogP) is 1.81. The number of hydrogen-bond donors (Lipinski definition) is 0. The van der Waals surface area contributed by atoms with Crippen LogP contribution in [-0.2, 0) is 4.74 Å². The van der Waals surface area contributed by atoms with Crippen LogP contribution in [0.15, 0.2) is 28.9 Å². The van der Waals surface area contributed by atoms with Crippen molar-refractivity contribution in [2.45, 2.75) is 19.4 Å². The first-order valence-electron chi connectivity index (χ1n) is 8.97. The van der Waals surface area contributed by atoms with Gasteiger partial charge in [-0.25, -0.2) is 4.98 Å². The number of aromatic nitrogens is 2. The normalized spacial score (nSPS) is 23.9. The van der Waals surface area contributed by atoms with Gasteiger partial charge >= 0.3 is 0 Å². The molecule has 0 unspecified atom stereocenters. The molecule has 2 fully saturated rings. The van der Waals surface area contributed by atoms with Crippen molar-refractivity contribution in [2.24, 2.45) is 11.8 Å². The van der Waals surface area contributed by atoms with Crippen molar-refractivity contribution >= 4 is 5.91 Å². The van der Waals surface area contributed by atoms with Gasteiger partial charge in [0, 0.05) is 37.3 Å². The fraction of sp³-hybridized carbons (Fsp3) is 0.474. The van der Waals surface area contributed by atoms with Gasteiger partial charge in [0.15, 0.2) is 0 Å². The Kier molecular flexibility index (Phi) is 4.77. The molecular formula is C19H20N4O4. The fourth-order valence-electron chi connectivity index (χ4n) is 3.73. The van der Waals surface area contributed by atoms with E-state index < -0.39 is 0 Å². The van der Waals surface area contributed by atoms with E-state index in [0.29, 0.717) is 55.3 Å². The highest BCUT2D eigenvalue weighted by Gasteiger charge is 2.45. The van der Waals surface area contributed by atoms with Crippen molar-refractivity contribution in [3.8, 4) is 11.9 Å². The maximum absolute atomic E-state index is 12.5. The van der Waals surface area contributed by atoms with E-state index in [9.17, 15) is 4.79 Å². The molecule has 140 valence electrons. The first-order valence-corrected chi connectivity index (χ1v) is 8.97. The Morgan fingerprint density at radius 3 is 3.04 bits per heavy atom. The van der Waals surface area contributed by atoms with Crippen LogP contribution in [-0.4, -0.2) is 53.4 Å². The summed E-state index contributed by atoms with van der Waals surface area (Å²) < 4.78 is 16.7. The number of nitriles is 1. The molecule has 1 amide bonds. The molecule has 0 bridgehead atoms. The number of rotatable bonds is 5. The molecular weight excluding hydrogens is 348 g/mol. The number of ether oxygens (including phenoxy) is 2. The lowest BCUT2D eigenvalue weighted by atomic mass is 9.91. The second-order valence-corrected chi connectivity index (χ2v) is 6.97. The molecule has 4 rings (SSSR count). The van der Waals surface area contributed by atoms with Gasteiger partial charge in [-0.3, -0.25) is 4.79 Å². The van der Waals surface area contributed by atoms with E-state index in [-0.39, 0.29) is 17.8 Å². The number of fused-ring (bicyclic) bond motifs is 1. The summed E-state index contributed by atoms with van der Waals surface area (Å²) in [5.41, 5.74) is 1.20. The molecule has 8 heteroatoms. The van der Waals surface area contributed by atoms with Crippen LogP contribution in [0, 0.1) is 30.1 Å². The Labute approximate surface area is 156 Å². The van der Waals surface area contributed by atoms with E-state index in [0.717, 1.165) is 6.42 Å². The highest BCUT2D eigenvalue weighted by Crippen LogP contribution is 2.36. The van der Waals surface area contributed by atoms with Crippen LogP contribution in [0.3, 0.4) is 0 Å². The number of hydrogen-bond acceptors (Lipinski definition) is 7. The number of likely N-dealkylation sites (tertiary alicyclic amines) is 1. The minimum absolute atomic E-state index is 0.0657. The van der Waals surface area contributed by atoms with E-state index in [1.165, 1.54) is 6.20 Å². The third kappa shape index (κ3) is 3.64. The number of amides is 1. The lowest BCUT2D eigenvalue weighted by Gasteiger charge is -2.18. The first kappa shape index (κ1) is 17.5. The predicted molar refractivity (Wildman–Crippen MR) is 92.9 cm³/mol. The molecule has 2 saturated heterocycles. The van der Waals surface area contributed by atoms with E-state index >= 15 is 0 Å². The molecule has 2 aliphatic rings. The van der Waals surface area contributed by atoms with Crippen LogP contribution in [0.5, 0.6) is 5.88 Å². The first-order chi connectivity index (χ1) is 13.1. The van der Waals surface area contributed by atoms with Crippen molar-refractivity contribution in [3.05, 3.63) is 41.4 Å². The number of pyridine rings is 1. The van der Waals surface area contributed by atoms with Gasteiger partial charge < -0.3 is 18.9 Å². The average Bonchev–Trinajstić information content (AvgIpc) is 3.38. The minimum atomic E-state index is -0.134. The second kappa shape index (κ2) is 7.37. The van der Waals surface area contributed by atoms with E-state index in [1.54, 1.807) is 30.0 Å². The highest BCUT2D eigenvalue weighted by atomic mass is 16.5. The van der Waals surface area contributed by atoms with E-state index in [2.05, 4.69) is 10.1 Å². The summed E-state index contributed by atoms with van der Waals surface area (Å²) >= 11 is 0. The zero-order valence-electron chi connectivity index (χ0n) is 15.0. The van der Waals surface area contributed by atoms with Crippen molar-refractivity contribution in [3.63, 3.8) is 0 Å². The maximum atomic E-state index is 12.5. The molecule has 0 spiro atoms. The molecule has 4 heterocycles. The van der Waals surface area contributed by atoms with E-state index in [4.69, 9.17) is 19.3 Å². The van der Waals surface area contributed by atoms with Gasteiger partial charge in [0.25, 0.3) is 5.91 Å². The number of carbonyl (C=O) groups is 1. The van der Waals surface area contributed by atoms with Crippen LogP contribution in [0.1, 0.15) is 28.2 Å². The topological polar surface area (TPSA) is 101 Å². The number of carbonyl (C=O) groups excluding carboxylic acids is 1. The quantitative estimate of drug-likeness (QED) is 0.793. The smallest absolute Gasteiger partial charge is 0.292 e. The van der Waals surface area contributed by atoms with Gasteiger partial charge in [-0.15, -0.1) is 0 Å². The summed E-state index contributed by atoms with van der Waals surface area (Å²) in [6.45, 7) is 4.23. The highest BCUT2D eigenvalue weighted by molar-refractivity contribution is 5.91. The molecule has 3 atom stereocenters. The van der Waals surface area contributed by atoms with Crippen molar-refractivity contribution in [1.29, 1.82) is 5.26 Å². The fourth-order valence-corrected chi connectivity index (χ4v) is 3.73. The largest absolute Gasteiger partial charge is 0.478 e. The standard InChI is InChI=1S/C19H20N4O4/c1-12-6-16(27-22-12)19(24)23-9-15-14(11-26-17(15)10-23)4-5-25-18-3-2-13(7-20)8-21-18/h2-3,6,8,14-15,17H,4-5,9-11H2,1H3/t14-,15-,17-/m0/s1. The summed E-state index contributed by atoms with van der Waals surface area (Å²) in [5, 5.41) is 12.6. The molecule has 0 aromatic carbocycles. The molecule has 0 aliphatic carbocycles. The van der Waals surface area contributed by atoms with Crippen LogP contribution in [0.25, 0.3) is 0 Å². The Bertz CT molecular complexity index is 857. The summed E-state index contributed by atoms with van der Waals surface area (Å²) in [7, 11) is 0. The summed E-state index contributed by atoms with van der Waals surface area (Å²) in [4.78, 5) is 18.4. The Morgan fingerprint density at radius 2 is 2.33 bits per heavy atom. The van der Waals surface area contributed by atoms with Crippen LogP contribution >= 0.6 is 0 Å². The van der Waals surface area contributed by atoms with Gasteiger partial charge in [-0.05, 0) is 25.3 Å². The SMILES string of the molecule is Cc1cc(C(=O)N2C[C@H]3[C@@H](CCOc4ccc(C#N)cn4)CO[C@H]3C2)on1. The minimum Gasteiger partial charge on any atom is -0.478 e. The molecule has 27 heavy (non-hydrogen) atoms. The number of aryl methyl sites for hydroxylation is 1. The van der Waals surface area contributed by atoms with Crippen molar-refractivity contribution in [1.82, 2.24) is 15.0 Å². The van der Waals surface area contributed by atoms with Gasteiger partial charge in [0.05, 0.1) is 30.6 Å². The third-order valence-corrected chi connectivity index (χ3v) is 5.17. The third-order valence-electron chi connectivity index (χ3n) is 5.17. The monoisotopic (exact) mass is 368 g/mol. The molecule has 0 radical (unpaired) electrons. The lowest BCUT2D eigenvalue weighted by molar-refractivity contribution is 0.0638. The second-order valence-electron chi connectivity index (χ2n) is 6.97. The zero-order chi connectivity index (χ0) is 18.8. The van der Waals surface area contributed by atoms with Crippen LogP contribution < -0.4 is 4.74 Å². The van der Waals surface area contributed by atoms with Crippen LogP contribution in [0.2, 0.25) is 0 Å².